The topological polar surface area (TPSA) is 104 Å². The Balaban J connectivity index is 2.61. The number of carbonyl (C=O) groups excluding carboxylic acids is 2. The van der Waals surface area contributed by atoms with E-state index in [1.165, 1.54) is 24.3 Å². The smallest absolute Gasteiger partial charge is 0.338 e. The highest BCUT2D eigenvalue weighted by Gasteiger charge is 2.12. The van der Waals surface area contributed by atoms with Crippen molar-refractivity contribution in [3.8, 4) is 0 Å². The number of aliphatic carboxylic acids is 1. The molecule has 0 aromatic heterocycles. The lowest BCUT2D eigenvalue weighted by molar-refractivity contribution is -0.255. The number of rotatable bonds is 6. The van der Waals surface area contributed by atoms with E-state index in [2.05, 4.69) is 0 Å². The molecular formula is C12H11O6-. The van der Waals surface area contributed by atoms with Crippen LogP contribution in [0, 0.1) is 0 Å². The van der Waals surface area contributed by atoms with Crippen molar-refractivity contribution in [1.29, 1.82) is 0 Å². The van der Waals surface area contributed by atoms with Gasteiger partial charge in [0.1, 0.15) is 0 Å². The van der Waals surface area contributed by atoms with Gasteiger partial charge in [0.05, 0.1) is 18.1 Å². The minimum Gasteiger partial charge on any atom is -0.545 e. The Hall–Kier alpha value is -2.37. The number of carbonyl (C=O) groups is 3. The summed E-state index contributed by atoms with van der Waals surface area (Å²) < 4.78 is 4.78. The molecule has 18 heavy (non-hydrogen) atoms. The molecule has 1 aromatic rings. The van der Waals surface area contributed by atoms with Gasteiger partial charge in [-0.1, -0.05) is 18.2 Å². The first-order chi connectivity index (χ1) is 8.52. The van der Waals surface area contributed by atoms with Gasteiger partial charge in [0.25, 0.3) is 0 Å². The Morgan fingerprint density at radius 1 is 1.17 bits per heavy atom. The van der Waals surface area contributed by atoms with Crippen LogP contribution in [0.4, 0.5) is 0 Å². The second-order valence-electron chi connectivity index (χ2n) is 3.47. The molecule has 0 saturated heterocycles. The molecule has 0 fully saturated rings. The third kappa shape index (κ3) is 3.89. The second kappa shape index (κ2) is 6.39. The third-order valence-corrected chi connectivity index (χ3v) is 2.14. The van der Waals surface area contributed by atoms with E-state index in [0.717, 1.165) is 0 Å². The summed E-state index contributed by atoms with van der Waals surface area (Å²) in [5.41, 5.74) is -0.353. The van der Waals surface area contributed by atoms with Crippen LogP contribution in [0.25, 0.3) is 0 Å². The Morgan fingerprint density at radius 2 is 1.78 bits per heavy atom. The Kier molecular flexibility index (Phi) is 4.86. The molecule has 96 valence electrons. The highest BCUT2D eigenvalue weighted by Crippen LogP contribution is 2.09. The van der Waals surface area contributed by atoms with Crippen LogP contribution in [0.3, 0.4) is 0 Å². The molecule has 6 heteroatoms. The van der Waals surface area contributed by atoms with Crippen LogP contribution in [0.5, 0.6) is 0 Å². The molecule has 0 radical (unpaired) electrons. The van der Waals surface area contributed by atoms with Gasteiger partial charge in [-0.2, -0.15) is 0 Å². The van der Waals surface area contributed by atoms with E-state index in [1.54, 1.807) is 0 Å². The Labute approximate surface area is 103 Å². The van der Waals surface area contributed by atoms with Gasteiger partial charge in [0.2, 0.25) is 0 Å². The molecule has 0 amide bonds. The molecule has 0 heterocycles. The van der Waals surface area contributed by atoms with Gasteiger partial charge in [-0.25, -0.2) is 4.79 Å². The van der Waals surface area contributed by atoms with Gasteiger partial charge in [-0.05, 0) is 12.5 Å². The van der Waals surface area contributed by atoms with Crippen molar-refractivity contribution < 1.29 is 29.3 Å². The summed E-state index contributed by atoms with van der Waals surface area (Å²) in [6.45, 7) is -0.0769. The lowest BCUT2D eigenvalue weighted by atomic mass is 10.1. The first kappa shape index (κ1) is 13.7. The molecule has 0 aliphatic heterocycles. The Bertz CT molecular complexity index is 465. The van der Waals surface area contributed by atoms with Crippen molar-refractivity contribution in [2.75, 3.05) is 6.61 Å². The highest BCUT2D eigenvalue weighted by molar-refractivity contribution is 6.01. The van der Waals surface area contributed by atoms with Crippen molar-refractivity contribution in [2.45, 2.75) is 12.8 Å². The number of benzene rings is 1. The first-order valence-electron chi connectivity index (χ1n) is 5.21. The molecule has 0 aliphatic carbocycles. The van der Waals surface area contributed by atoms with E-state index >= 15 is 0 Å². The van der Waals surface area contributed by atoms with Crippen molar-refractivity contribution in [1.82, 2.24) is 0 Å². The van der Waals surface area contributed by atoms with Gasteiger partial charge < -0.3 is 19.7 Å². The molecule has 0 saturated carbocycles. The summed E-state index contributed by atoms with van der Waals surface area (Å²) in [5.74, 6) is -3.26. The van der Waals surface area contributed by atoms with Gasteiger partial charge in [0.15, 0.2) is 0 Å². The number of carboxylic acids is 2. The zero-order chi connectivity index (χ0) is 13.5. The van der Waals surface area contributed by atoms with E-state index in [4.69, 9.17) is 9.84 Å². The van der Waals surface area contributed by atoms with E-state index in [9.17, 15) is 19.5 Å². The van der Waals surface area contributed by atoms with Crippen LogP contribution in [-0.4, -0.2) is 29.6 Å². The number of hydrogen-bond donors (Lipinski definition) is 1. The largest absolute Gasteiger partial charge is 0.545 e. The summed E-state index contributed by atoms with van der Waals surface area (Å²) in [6, 6.07) is 5.51. The molecule has 6 nitrogen and oxygen atoms in total. The molecular weight excluding hydrogens is 240 g/mol. The molecule has 0 atom stereocenters. The molecule has 0 aliphatic rings. The van der Waals surface area contributed by atoms with E-state index in [-0.39, 0.29) is 30.6 Å². The summed E-state index contributed by atoms with van der Waals surface area (Å²) >= 11 is 0. The van der Waals surface area contributed by atoms with Gasteiger partial charge in [-0.3, -0.25) is 4.79 Å². The normalized spacial score (nSPS) is 9.78. The number of carboxylic acid groups (broad SMARTS) is 2. The summed E-state index contributed by atoms with van der Waals surface area (Å²) in [4.78, 5) is 32.5. The fourth-order valence-electron chi connectivity index (χ4n) is 1.31. The van der Waals surface area contributed by atoms with Crippen molar-refractivity contribution in [3.05, 3.63) is 35.4 Å². The summed E-state index contributed by atoms with van der Waals surface area (Å²) in [6.07, 6.45) is 0.0595. The SMILES string of the molecule is O=C(O)CCCOC(=O)c1ccccc1C(=O)[O-]. The van der Waals surface area contributed by atoms with E-state index in [0.29, 0.717) is 0 Å². The van der Waals surface area contributed by atoms with Crippen LogP contribution < -0.4 is 5.11 Å². The summed E-state index contributed by atoms with van der Waals surface area (Å²) in [5, 5.41) is 19.1. The fourth-order valence-corrected chi connectivity index (χ4v) is 1.31. The van der Waals surface area contributed by atoms with Crippen molar-refractivity contribution in [2.24, 2.45) is 0 Å². The molecule has 0 spiro atoms. The van der Waals surface area contributed by atoms with Gasteiger partial charge in [0, 0.05) is 12.0 Å². The van der Waals surface area contributed by atoms with E-state index in [1.807, 2.05) is 0 Å². The standard InChI is InChI=1S/C12H12O6/c13-10(14)6-3-7-18-12(17)9-5-2-1-4-8(9)11(15)16/h1-2,4-5H,3,6-7H2,(H,13,14)(H,15,16)/p-1. The van der Waals surface area contributed by atoms with Crippen LogP contribution in [0.1, 0.15) is 33.6 Å². The zero-order valence-corrected chi connectivity index (χ0v) is 9.42. The lowest BCUT2D eigenvalue weighted by Gasteiger charge is -2.09. The average Bonchev–Trinajstić information content (AvgIpc) is 2.34. The summed E-state index contributed by atoms with van der Waals surface area (Å²) in [7, 11) is 0. The monoisotopic (exact) mass is 251 g/mol. The minimum absolute atomic E-state index is 0.0769. The number of esters is 1. The second-order valence-corrected chi connectivity index (χ2v) is 3.47. The van der Waals surface area contributed by atoms with Gasteiger partial charge >= 0.3 is 11.9 Å². The van der Waals surface area contributed by atoms with Crippen molar-refractivity contribution in [3.63, 3.8) is 0 Å². The molecule has 1 aromatic carbocycles. The quantitative estimate of drug-likeness (QED) is 0.566. The maximum atomic E-state index is 11.6. The van der Waals surface area contributed by atoms with Crippen LogP contribution >= 0.6 is 0 Å². The number of aromatic carboxylic acids is 1. The minimum atomic E-state index is -1.46. The number of ether oxygens (including phenoxy) is 1. The van der Waals surface area contributed by atoms with E-state index < -0.39 is 17.9 Å². The zero-order valence-electron chi connectivity index (χ0n) is 9.42. The highest BCUT2D eigenvalue weighted by atomic mass is 16.5. The molecule has 1 rings (SSSR count). The predicted octanol–water partition coefficient (Wildman–Crippen LogP) is 0.0717. The van der Waals surface area contributed by atoms with Crippen LogP contribution in [0.15, 0.2) is 24.3 Å². The molecule has 0 unspecified atom stereocenters. The van der Waals surface area contributed by atoms with Gasteiger partial charge in [-0.15, -0.1) is 0 Å². The fraction of sp³-hybridized carbons (Fsp3) is 0.250. The lowest BCUT2D eigenvalue weighted by Crippen LogP contribution is -2.25. The molecule has 1 N–H and O–H groups in total. The Morgan fingerprint density at radius 3 is 2.33 bits per heavy atom. The number of hydrogen-bond acceptors (Lipinski definition) is 5. The first-order valence-corrected chi connectivity index (χ1v) is 5.21. The van der Waals surface area contributed by atoms with Crippen LogP contribution in [-0.2, 0) is 9.53 Å². The average molecular weight is 251 g/mol. The molecule has 0 bridgehead atoms. The maximum absolute atomic E-state index is 11.6. The van der Waals surface area contributed by atoms with Crippen molar-refractivity contribution >= 4 is 17.9 Å². The third-order valence-electron chi connectivity index (χ3n) is 2.14. The van der Waals surface area contributed by atoms with Crippen LogP contribution in [0.2, 0.25) is 0 Å². The maximum Gasteiger partial charge on any atom is 0.338 e. The predicted molar refractivity (Wildman–Crippen MR) is 57.9 cm³/mol.